The minimum atomic E-state index is 0. The molecule has 0 spiro atoms. The van der Waals surface area contributed by atoms with E-state index >= 15 is 0 Å². The minimum Gasteiger partial charge on any atom is -0.352 e. The Morgan fingerprint density at radius 1 is 1.31 bits per heavy atom. The summed E-state index contributed by atoms with van der Waals surface area (Å²) in [5, 5.41) is 6.49. The molecule has 2 rings (SSSR count). The summed E-state index contributed by atoms with van der Waals surface area (Å²) in [6.07, 6.45) is 2.33. The van der Waals surface area contributed by atoms with Crippen LogP contribution < -0.4 is 10.6 Å². The zero-order valence-electron chi connectivity index (χ0n) is 10.0. The van der Waals surface area contributed by atoms with Crippen molar-refractivity contribution in [3.8, 4) is 0 Å². The monoisotopic (exact) mass is 247 g/mol. The van der Waals surface area contributed by atoms with Gasteiger partial charge in [0.2, 0.25) is 5.91 Å². The van der Waals surface area contributed by atoms with Gasteiger partial charge in [0.15, 0.2) is 0 Å². The largest absolute Gasteiger partial charge is 0.352 e. The van der Waals surface area contributed by atoms with Crippen LogP contribution in [-0.2, 0) is 4.79 Å². The SMILES string of the molecule is CC1CN(CC(=O)NC2CC2)CC(C)N1.Cl. The molecule has 94 valence electrons. The maximum Gasteiger partial charge on any atom is 0.234 e. The number of nitrogens with one attached hydrogen (secondary N) is 2. The van der Waals surface area contributed by atoms with Gasteiger partial charge in [-0.15, -0.1) is 12.4 Å². The van der Waals surface area contributed by atoms with Crippen LogP contribution in [0.15, 0.2) is 0 Å². The molecule has 1 amide bonds. The molecule has 0 aromatic heterocycles. The molecule has 0 bridgehead atoms. The molecular formula is C11H22ClN3O. The lowest BCUT2D eigenvalue weighted by molar-refractivity contribution is -0.122. The quantitative estimate of drug-likeness (QED) is 0.758. The van der Waals surface area contributed by atoms with Crippen molar-refractivity contribution < 1.29 is 4.79 Å². The second kappa shape index (κ2) is 5.84. The number of hydrogen-bond acceptors (Lipinski definition) is 3. The molecule has 1 saturated carbocycles. The lowest BCUT2D eigenvalue weighted by Gasteiger charge is -2.35. The van der Waals surface area contributed by atoms with E-state index in [0.717, 1.165) is 13.1 Å². The van der Waals surface area contributed by atoms with Gasteiger partial charge in [0.05, 0.1) is 6.54 Å². The van der Waals surface area contributed by atoms with Crippen LogP contribution in [0.3, 0.4) is 0 Å². The number of rotatable bonds is 3. The third-order valence-corrected chi connectivity index (χ3v) is 2.94. The molecule has 1 saturated heterocycles. The van der Waals surface area contributed by atoms with E-state index in [1.807, 2.05) is 0 Å². The highest BCUT2D eigenvalue weighted by Gasteiger charge is 2.26. The van der Waals surface area contributed by atoms with E-state index in [-0.39, 0.29) is 18.3 Å². The van der Waals surface area contributed by atoms with Crippen LogP contribution >= 0.6 is 12.4 Å². The van der Waals surface area contributed by atoms with E-state index in [2.05, 4.69) is 29.4 Å². The highest BCUT2D eigenvalue weighted by atomic mass is 35.5. The lowest BCUT2D eigenvalue weighted by Crippen LogP contribution is -2.56. The number of carbonyl (C=O) groups excluding carboxylic acids is 1. The highest BCUT2D eigenvalue weighted by Crippen LogP contribution is 2.18. The third-order valence-electron chi connectivity index (χ3n) is 2.94. The predicted molar refractivity (Wildman–Crippen MR) is 66.9 cm³/mol. The number of piperazine rings is 1. The van der Waals surface area contributed by atoms with Crippen molar-refractivity contribution >= 4 is 18.3 Å². The molecule has 5 heteroatoms. The molecule has 2 aliphatic rings. The first-order valence-corrected chi connectivity index (χ1v) is 5.91. The molecule has 1 heterocycles. The van der Waals surface area contributed by atoms with Crippen molar-refractivity contribution in [3.63, 3.8) is 0 Å². The first-order chi connectivity index (χ1) is 7.13. The van der Waals surface area contributed by atoms with Gasteiger partial charge in [-0.3, -0.25) is 9.69 Å². The molecule has 2 unspecified atom stereocenters. The fourth-order valence-corrected chi connectivity index (χ4v) is 2.27. The summed E-state index contributed by atoms with van der Waals surface area (Å²) in [5.41, 5.74) is 0. The van der Waals surface area contributed by atoms with Gasteiger partial charge in [0, 0.05) is 31.2 Å². The van der Waals surface area contributed by atoms with Gasteiger partial charge in [0.25, 0.3) is 0 Å². The van der Waals surface area contributed by atoms with Crippen LogP contribution in [0, 0.1) is 0 Å². The van der Waals surface area contributed by atoms with Crippen LogP contribution in [0.5, 0.6) is 0 Å². The van der Waals surface area contributed by atoms with Crippen molar-refractivity contribution in [2.45, 2.75) is 44.8 Å². The van der Waals surface area contributed by atoms with Gasteiger partial charge in [-0.25, -0.2) is 0 Å². The molecule has 16 heavy (non-hydrogen) atoms. The number of nitrogens with zero attached hydrogens (tertiary/aromatic N) is 1. The summed E-state index contributed by atoms with van der Waals surface area (Å²) in [7, 11) is 0. The summed E-state index contributed by atoms with van der Waals surface area (Å²) in [5.74, 6) is 0.193. The average Bonchev–Trinajstić information content (AvgIpc) is 2.85. The van der Waals surface area contributed by atoms with Gasteiger partial charge < -0.3 is 10.6 Å². The Bertz CT molecular complexity index is 235. The van der Waals surface area contributed by atoms with Crippen LogP contribution in [0.2, 0.25) is 0 Å². The number of amides is 1. The third kappa shape index (κ3) is 4.28. The number of halogens is 1. The Kier molecular flexibility index (Phi) is 5.02. The second-order valence-electron chi connectivity index (χ2n) is 5.00. The summed E-state index contributed by atoms with van der Waals surface area (Å²) >= 11 is 0. The zero-order chi connectivity index (χ0) is 10.8. The van der Waals surface area contributed by atoms with Crippen molar-refractivity contribution in [1.82, 2.24) is 15.5 Å². The first kappa shape index (κ1) is 13.7. The van der Waals surface area contributed by atoms with Crippen molar-refractivity contribution in [2.24, 2.45) is 0 Å². The molecule has 0 aromatic rings. The Balaban J connectivity index is 0.00000128. The molecular weight excluding hydrogens is 226 g/mol. The van der Waals surface area contributed by atoms with E-state index in [1.54, 1.807) is 0 Å². The Labute approximate surface area is 104 Å². The molecule has 4 nitrogen and oxygen atoms in total. The van der Waals surface area contributed by atoms with E-state index in [4.69, 9.17) is 0 Å². The van der Waals surface area contributed by atoms with Crippen molar-refractivity contribution in [2.75, 3.05) is 19.6 Å². The lowest BCUT2D eigenvalue weighted by atomic mass is 10.1. The van der Waals surface area contributed by atoms with Crippen LogP contribution in [0.1, 0.15) is 26.7 Å². The number of carbonyl (C=O) groups is 1. The fourth-order valence-electron chi connectivity index (χ4n) is 2.27. The molecule has 2 fully saturated rings. The van der Waals surface area contributed by atoms with Gasteiger partial charge in [-0.1, -0.05) is 0 Å². The Morgan fingerprint density at radius 2 is 1.88 bits per heavy atom. The predicted octanol–water partition coefficient (Wildman–Crippen LogP) is 0.369. The maximum absolute atomic E-state index is 11.6. The molecule has 1 aliphatic carbocycles. The van der Waals surface area contributed by atoms with E-state index in [0.29, 0.717) is 24.7 Å². The fraction of sp³-hybridized carbons (Fsp3) is 0.909. The van der Waals surface area contributed by atoms with E-state index in [1.165, 1.54) is 12.8 Å². The zero-order valence-corrected chi connectivity index (χ0v) is 10.8. The van der Waals surface area contributed by atoms with Gasteiger partial charge >= 0.3 is 0 Å². The van der Waals surface area contributed by atoms with Crippen molar-refractivity contribution in [3.05, 3.63) is 0 Å². The van der Waals surface area contributed by atoms with Crippen LogP contribution in [0.25, 0.3) is 0 Å². The molecule has 2 atom stereocenters. The summed E-state index contributed by atoms with van der Waals surface area (Å²) in [6.45, 7) is 6.85. The second-order valence-corrected chi connectivity index (χ2v) is 5.00. The molecule has 2 N–H and O–H groups in total. The molecule has 0 aromatic carbocycles. The van der Waals surface area contributed by atoms with Crippen LogP contribution in [-0.4, -0.2) is 48.6 Å². The standard InChI is InChI=1S/C11H21N3O.ClH/c1-8-5-14(6-9(2)12-8)7-11(15)13-10-3-4-10;/h8-10,12H,3-7H2,1-2H3,(H,13,15);1H. The minimum absolute atomic E-state index is 0. The highest BCUT2D eigenvalue weighted by molar-refractivity contribution is 5.85. The normalized spacial score (nSPS) is 30.6. The topological polar surface area (TPSA) is 44.4 Å². The summed E-state index contributed by atoms with van der Waals surface area (Å²) in [6, 6.07) is 1.46. The number of hydrogen-bond donors (Lipinski definition) is 2. The summed E-state index contributed by atoms with van der Waals surface area (Å²) < 4.78 is 0. The Hall–Kier alpha value is -0.320. The van der Waals surface area contributed by atoms with E-state index < -0.39 is 0 Å². The maximum atomic E-state index is 11.6. The van der Waals surface area contributed by atoms with Crippen LogP contribution in [0.4, 0.5) is 0 Å². The van der Waals surface area contributed by atoms with Gasteiger partial charge in [-0.05, 0) is 26.7 Å². The molecule has 1 aliphatic heterocycles. The van der Waals surface area contributed by atoms with Gasteiger partial charge in [-0.2, -0.15) is 0 Å². The van der Waals surface area contributed by atoms with E-state index in [9.17, 15) is 4.79 Å². The average molecular weight is 248 g/mol. The Morgan fingerprint density at radius 3 is 2.38 bits per heavy atom. The molecule has 0 radical (unpaired) electrons. The van der Waals surface area contributed by atoms with Gasteiger partial charge in [0.1, 0.15) is 0 Å². The summed E-state index contributed by atoms with van der Waals surface area (Å²) in [4.78, 5) is 13.8. The first-order valence-electron chi connectivity index (χ1n) is 5.91. The smallest absolute Gasteiger partial charge is 0.234 e. The van der Waals surface area contributed by atoms with Crippen molar-refractivity contribution in [1.29, 1.82) is 0 Å².